The average molecular weight is 376 g/mol. The highest BCUT2D eigenvalue weighted by Gasteiger charge is 2.32. The maximum atomic E-state index is 12.9. The molecule has 0 radical (unpaired) electrons. The molecule has 1 aliphatic heterocycles. The molecule has 1 N–H and O–H groups in total. The maximum Gasteiger partial charge on any atom is 0.273 e. The van der Waals surface area contributed by atoms with E-state index in [1.165, 1.54) is 0 Å². The van der Waals surface area contributed by atoms with Crippen LogP contribution in [0.3, 0.4) is 0 Å². The van der Waals surface area contributed by atoms with Gasteiger partial charge in [-0.15, -0.1) is 0 Å². The molecule has 2 amide bonds. The van der Waals surface area contributed by atoms with Crippen LogP contribution >= 0.6 is 11.6 Å². The predicted molar refractivity (Wildman–Crippen MR) is 98.2 cm³/mol. The van der Waals surface area contributed by atoms with Gasteiger partial charge in [-0.05, 0) is 57.4 Å². The number of amides is 2. The molecular weight excluding hydrogens is 354 g/mol. The van der Waals surface area contributed by atoms with Crippen LogP contribution in [0.25, 0.3) is 0 Å². The highest BCUT2D eigenvalue weighted by atomic mass is 35.5. The van der Waals surface area contributed by atoms with Gasteiger partial charge in [-0.1, -0.05) is 16.8 Å². The molecule has 1 aliphatic rings. The SMILES string of the molecule is CC(C)NC(=O)c1cc(C2CCCCN2C(=O)c2ccc(Cl)cc2)on1. The minimum absolute atomic E-state index is 0.0142. The van der Waals surface area contributed by atoms with Gasteiger partial charge in [0.2, 0.25) is 0 Å². The van der Waals surface area contributed by atoms with Crippen LogP contribution in [0, 0.1) is 0 Å². The fourth-order valence-corrected chi connectivity index (χ4v) is 3.24. The molecule has 138 valence electrons. The van der Waals surface area contributed by atoms with Gasteiger partial charge < -0.3 is 14.7 Å². The van der Waals surface area contributed by atoms with Crippen LogP contribution in [0.4, 0.5) is 0 Å². The molecule has 0 aliphatic carbocycles. The van der Waals surface area contributed by atoms with E-state index in [1.54, 1.807) is 35.2 Å². The van der Waals surface area contributed by atoms with E-state index in [0.717, 1.165) is 19.3 Å². The Morgan fingerprint density at radius 1 is 1.27 bits per heavy atom. The normalized spacial score (nSPS) is 17.4. The summed E-state index contributed by atoms with van der Waals surface area (Å²) >= 11 is 5.91. The van der Waals surface area contributed by atoms with Crippen molar-refractivity contribution in [2.75, 3.05) is 6.54 Å². The Balaban J connectivity index is 1.81. The van der Waals surface area contributed by atoms with Crippen LogP contribution in [-0.2, 0) is 0 Å². The summed E-state index contributed by atoms with van der Waals surface area (Å²) in [4.78, 5) is 26.8. The van der Waals surface area contributed by atoms with E-state index in [9.17, 15) is 9.59 Å². The Hall–Kier alpha value is -2.34. The van der Waals surface area contributed by atoms with Crippen molar-refractivity contribution < 1.29 is 14.1 Å². The lowest BCUT2D eigenvalue weighted by Crippen LogP contribution is -2.38. The number of hydrogen-bond donors (Lipinski definition) is 1. The number of likely N-dealkylation sites (tertiary alicyclic amines) is 1. The van der Waals surface area contributed by atoms with E-state index in [4.69, 9.17) is 16.1 Å². The molecule has 1 saturated heterocycles. The Kier molecular flexibility index (Phi) is 5.61. The topological polar surface area (TPSA) is 75.4 Å². The van der Waals surface area contributed by atoms with Gasteiger partial charge in [0.25, 0.3) is 11.8 Å². The number of carbonyl (C=O) groups is 2. The lowest BCUT2D eigenvalue weighted by Gasteiger charge is -2.34. The summed E-state index contributed by atoms with van der Waals surface area (Å²) in [5, 5.41) is 7.26. The number of nitrogens with zero attached hydrogens (tertiary/aromatic N) is 2. The highest BCUT2D eigenvalue weighted by molar-refractivity contribution is 6.30. The largest absolute Gasteiger partial charge is 0.358 e. The number of halogens is 1. The van der Waals surface area contributed by atoms with Crippen molar-refractivity contribution in [2.24, 2.45) is 0 Å². The molecule has 2 heterocycles. The first-order chi connectivity index (χ1) is 12.5. The molecule has 1 atom stereocenters. The molecule has 1 aromatic heterocycles. The summed E-state index contributed by atoms with van der Waals surface area (Å²) in [6.07, 6.45) is 2.70. The molecule has 1 unspecified atom stereocenters. The van der Waals surface area contributed by atoms with Gasteiger partial charge in [0.05, 0.1) is 6.04 Å². The van der Waals surface area contributed by atoms with Crippen LogP contribution in [0.5, 0.6) is 0 Å². The first-order valence-corrected chi connectivity index (χ1v) is 9.17. The van der Waals surface area contributed by atoms with Crippen molar-refractivity contribution in [2.45, 2.75) is 45.2 Å². The fourth-order valence-electron chi connectivity index (χ4n) is 3.12. The van der Waals surface area contributed by atoms with Gasteiger partial charge in [-0.2, -0.15) is 0 Å². The second kappa shape index (κ2) is 7.91. The number of aromatic nitrogens is 1. The second-order valence-corrected chi connectivity index (χ2v) is 7.20. The van der Waals surface area contributed by atoms with Crippen molar-refractivity contribution in [1.29, 1.82) is 0 Å². The number of nitrogens with one attached hydrogen (secondary N) is 1. The van der Waals surface area contributed by atoms with E-state index in [2.05, 4.69) is 10.5 Å². The first kappa shape index (κ1) is 18.5. The predicted octanol–water partition coefficient (Wildman–Crippen LogP) is 3.83. The van der Waals surface area contributed by atoms with Crippen LogP contribution in [-0.4, -0.2) is 34.5 Å². The van der Waals surface area contributed by atoms with E-state index in [0.29, 0.717) is 22.9 Å². The molecule has 0 saturated carbocycles. The Morgan fingerprint density at radius 3 is 2.69 bits per heavy atom. The van der Waals surface area contributed by atoms with Crippen molar-refractivity contribution in [3.05, 3.63) is 52.4 Å². The zero-order valence-corrected chi connectivity index (χ0v) is 15.6. The van der Waals surface area contributed by atoms with E-state index >= 15 is 0 Å². The van der Waals surface area contributed by atoms with Crippen molar-refractivity contribution in [3.63, 3.8) is 0 Å². The van der Waals surface area contributed by atoms with Gasteiger partial charge in [-0.3, -0.25) is 9.59 Å². The average Bonchev–Trinajstić information content (AvgIpc) is 3.11. The summed E-state index contributed by atoms with van der Waals surface area (Å²) in [5.74, 6) is 0.193. The number of carbonyl (C=O) groups excluding carboxylic acids is 2. The van der Waals surface area contributed by atoms with Crippen LogP contribution in [0.2, 0.25) is 5.02 Å². The van der Waals surface area contributed by atoms with Crippen molar-refractivity contribution >= 4 is 23.4 Å². The summed E-state index contributed by atoms with van der Waals surface area (Å²) in [7, 11) is 0. The number of rotatable bonds is 4. The summed E-state index contributed by atoms with van der Waals surface area (Å²) in [5.41, 5.74) is 0.816. The molecule has 6 nitrogen and oxygen atoms in total. The smallest absolute Gasteiger partial charge is 0.273 e. The third-order valence-electron chi connectivity index (χ3n) is 4.36. The number of hydrogen-bond acceptors (Lipinski definition) is 4. The molecule has 26 heavy (non-hydrogen) atoms. The van der Waals surface area contributed by atoms with Crippen LogP contribution in [0.15, 0.2) is 34.9 Å². The van der Waals surface area contributed by atoms with E-state index < -0.39 is 0 Å². The Bertz CT molecular complexity index is 786. The third kappa shape index (κ3) is 4.07. The third-order valence-corrected chi connectivity index (χ3v) is 4.62. The second-order valence-electron chi connectivity index (χ2n) is 6.76. The van der Waals surface area contributed by atoms with E-state index in [-0.39, 0.29) is 29.6 Å². The minimum Gasteiger partial charge on any atom is -0.358 e. The van der Waals surface area contributed by atoms with Crippen molar-refractivity contribution in [1.82, 2.24) is 15.4 Å². The lowest BCUT2D eigenvalue weighted by atomic mass is 9.98. The van der Waals surface area contributed by atoms with Crippen LogP contribution < -0.4 is 5.32 Å². The highest BCUT2D eigenvalue weighted by Crippen LogP contribution is 2.32. The van der Waals surface area contributed by atoms with Gasteiger partial charge in [0.15, 0.2) is 11.5 Å². The molecule has 1 aromatic carbocycles. The quantitative estimate of drug-likeness (QED) is 0.881. The summed E-state index contributed by atoms with van der Waals surface area (Å²) < 4.78 is 5.42. The Morgan fingerprint density at radius 2 is 2.00 bits per heavy atom. The minimum atomic E-state index is -0.276. The van der Waals surface area contributed by atoms with Crippen LogP contribution in [0.1, 0.15) is 65.8 Å². The molecule has 1 fully saturated rings. The molecule has 0 spiro atoms. The number of piperidine rings is 1. The van der Waals surface area contributed by atoms with Gasteiger partial charge in [-0.25, -0.2) is 0 Å². The Labute approximate surface area is 157 Å². The monoisotopic (exact) mass is 375 g/mol. The van der Waals surface area contributed by atoms with Gasteiger partial charge in [0.1, 0.15) is 0 Å². The zero-order chi connectivity index (χ0) is 18.7. The molecule has 0 bridgehead atoms. The van der Waals surface area contributed by atoms with E-state index in [1.807, 2.05) is 13.8 Å². The fraction of sp³-hybridized carbons (Fsp3) is 0.421. The van der Waals surface area contributed by atoms with Gasteiger partial charge >= 0.3 is 0 Å². The lowest BCUT2D eigenvalue weighted by molar-refractivity contribution is 0.0569. The van der Waals surface area contributed by atoms with Gasteiger partial charge in [0, 0.05) is 29.2 Å². The number of benzene rings is 1. The summed E-state index contributed by atoms with van der Waals surface area (Å²) in [6, 6.07) is 8.28. The first-order valence-electron chi connectivity index (χ1n) is 8.79. The van der Waals surface area contributed by atoms with Crippen molar-refractivity contribution in [3.8, 4) is 0 Å². The standard InChI is InChI=1S/C19H22ClN3O3/c1-12(2)21-18(24)15-11-17(26-22-15)16-5-3-4-10-23(16)19(25)13-6-8-14(20)9-7-13/h6-9,11-12,16H,3-5,10H2,1-2H3,(H,21,24). The molecule has 7 heteroatoms. The molecular formula is C19H22ClN3O3. The maximum absolute atomic E-state index is 12.9. The molecule has 2 aromatic rings. The summed E-state index contributed by atoms with van der Waals surface area (Å²) in [6.45, 7) is 4.40. The molecule has 3 rings (SSSR count). The zero-order valence-electron chi connectivity index (χ0n) is 14.9.